The quantitative estimate of drug-likeness (QED) is 0.599. The third-order valence-corrected chi connectivity index (χ3v) is 5.21. The largest absolute Gasteiger partial charge is 0.484 e. The van der Waals surface area contributed by atoms with Crippen LogP contribution in [0.3, 0.4) is 0 Å². The minimum atomic E-state index is -1.26. The van der Waals surface area contributed by atoms with E-state index in [4.69, 9.17) is 4.74 Å². The number of aliphatic hydroxyl groups excluding tert-OH is 1. The number of amides is 2. The maximum atomic E-state index is 12.3. The van der Waals surface area contributed by atoms with Crippen LogP contribution in [0.15, 0.2) is 41.6 Å². The van der Waals surface area contributed by atoms with Crippen molar-refractivity contribution >= 4 is 29.5 Å². The third-order valence-electron chi connectivity index (χ3n) is 3.87. The first kappa shape index (κ1) is 17.3. The molecule has 25 heavy (non-hydrogen) atoms. The van der Waals surface area contributed by atoms with E-state index in [2.05, 4.69) is 5.32 Å². The third kappa shape index (κ3) is 3.33. The van der Waals surface area contributed by atoms with E-state index in [1.165, 1.54) is 11.8 Å². The summed E-state index contributed by atoms with van der Waals surface area (Å²) in [4.78, 5) is 36.7. The number of carboxylic acids is 1. The van der Waals surface area contributed by atoms with E-state index in [0.717, 1.165) is 4.90 Å². The maximum Gasteiger partial charge on any atom is 0.352 e. The number of aliphatic carboxylic acids is 1. The predicted molar refractivity (Wildman–Crippen MR) is 88.7 cm³/mol. The van der Waals surface area contributed by atoms with Crippen molar-refractivity contribution < 1.29 is 29.3 Å². The average molecular weight is 364 g/mol. The van der Waals surface area contributed by atoms with E-state index in [9.17, 15) is 24.6 Å². The highest BCUT2D eigenvalue weighted by molar-refractivity contribution is 8.00. The molecular weight excluding hydrogens is 348 g/mol. The SMILES string of the molecule is O=C(COc1ccccc1)N[C@@H]1C(=O)N2C(C(=O)O)=C(CO)CS[C@H]12. The zero-order valence-electron chi connectivity index (χ0n) is 13.0. The number of ether oxygens (including phenoxy) is 1. The van der Waals surface area contributed by atoms with Gasteiger partial charge in [-0.2, -0.15) is 0 Å². The van der Waals surface area contributed by atoms with Gasteiger partial charge in [-0.25, -0.2) is 4.79 Å². The van der Waals surface area contributed by atoms with Crippen molar-refractivity contribution in [1.82, 2.24) is 10.2 Å². The van der Waals surface area contributed by atoms with Crippen LogP contribution in [0.1, 0.15) is 0 Å². The number of thioether (sulfide) groups is 1. The van der Waals surface area contributed by atoms with Crippen molar-refractivity contribution in [3.8, 4) is 5.75 Å². The minimum Gasteiger partial charge on any atom is -0.484 e. The molecule has 8 nitrogen and oxygen atoms in total. The van der Waals surface area contributed by atoms with Gasteiger partial charge in [0.15, 0.2) is 6.61 Å². The van der Waals surface area contributed by atoms with Crippen LogP contribution in [0.5, 0.6) is 5.75 Å². The Labute approximate surface area is 147 Å². The minimum absolute atomic E-state index is 0.192. The van der Waals surface area contributed by atoms with Gasteiger partial charge in [-0.05, 0) is 17.7 Å². The highest BCUT2D eigenvalue weighted by Gasteiger charge is 2.54. The molecule has 0 unspecified atom stereocenters. The van der Waals surface area contributed by atoms with E-state index in [1.807, 2.05) is 6.07 Å². The van der Waals surface area contributed by atoms with E-state index in [0.29, 0.717) is 17.1 Å². The molecule has 1 aromatic carbocycles. The lowest BCUT2D eigenvalue weighted by molar-refractivity contribution is -0.151. The van der Waals surface area contributed by atoms with Crippen LogP contribution in [-0.2, 0) is 14.4 Å². The normalized spacial score (nSPS) is 22.1. The molecule has 0 aromatic heterocycles. The van der Waals surface area contributed by atoms with Crippen LogP contribution in [0, 0.1) is 0 Å². The zero-order chi connectivity index (χ0) is 18.0. The maximum absolute atomic E-state index is 12.3. The summed E-state index contributed by atoms with van der Waals surface area (Å²) >= 11 is 1.30. The fourth-order valence-electron chi connectivity index (χ4n) is 2.69. The number of benzene rings is 1. The van der Waals surface area contributed by atoms with Gasteiger partial charge >= 0.3 is 5.97 Å². The van der Waals surface area contributed by atoms with Crippen LogP contribution in [-0.4, -0.2) is 63.3 Å². The second-order valence-electron chi connectivity index (χ2n) is 5.47. The summed E-state index contributed by atoms with van der Waals surface area (Å²) in [7, 11) is 0. The number of hydrogen-bond acceptors (Lipinski definition) is 6. The number of para-hydroxylation sites is 1. The van der Waals surface area contributed by atoms with Gasteiger partial charge in [0, 0.05) is 5.75 Å². The molecule has 1 fully saturated rings. The molecule has 9 heteroatoms. The first-order valence-corrected chi connectivity index (χ1v) is 8.56. The Hall–Kier alpha value is -2.52. The molecule has 3 rings (SSSR count). The van der Waals surface area contributed by atoms with Crippen LogP contribution in [0.2, 0.25) is 0 Å². The van der Waals surface area contributed by atoms with Crippen molar-refractivity contribution in [1.29, 1.82) is 0 Å². The first-order valence-electron chi connectivity index (χ1n) is 7.51. The number of carboxylic acid groups (broad SMARTS) is 1. The van der Waals surface area contributed by atoms with Crippen molar-refractivity contribution in [2.75, 3.05) is 19.0 Å². The molecule has 2 heterocycles. The zero-order valence-corrected chi connectivity index (χ0v) is 13.9. The molecule has 3 N–H and O–H groups in total. The highest BCUT2D eigenvalue weighted by atomic mass is 32.2. The lowest BCUT2D eigenvalue weighted by atomic mass is 10.0. The van der Waals surface area contributed by atoms with E-state index < -0.39 is 35.8 Å². The summed E-state index contributed by atoms with van der Waals surface area (Å²) in [6.45, 7) is -0.665. The number of nitrogens with one attached hydrogen (secondary N) is 1. The second kappa shape index (κ2) is 7.16. The molecule has 0 saturated carbocycles. The summed E-state index contributed by atoms with van der Waals surface area (Å²) in [5.41, 5.74) is 0.0987. The standard InChI is InChI=1S/C16H16N2O6S/c19-6-9-8-25-15-12(14(21)18(15)13(9)16(22)23)17-11(20)7-24-10-4-2-1-3-5-10/h1-5,12,15,19H,6-8H2,(H,17,20)(H,22,23)/t12-,15-/m1/s1. The highest BCUT2D eigenvalue weighted by Crippen LogP contribution is 2.40. The van der Waals surface area contributed by atoms with Crippen LogP contribution >= 0.6 is 11.8 Å². The van der Waals surface area contributed by atoms with Crippen LogP contribution in [0.25, 0.3) is 0 Å². The first-order chi connectivity index (χ1) is 12.0. The molecule has 0 aliphatic carbocycles. The Bertz CT molecular complexity index is 735. The second-order valence-corrected chi connectivity index (χ2v) is 6.58. The Balaban J connectivity index is 1.61. The smallest absolute Gasteiger partial charge is 0.352 e. The molecule has 2 amide bonds. The summed E-state index contributed by atoms with van der Waals surface area (Å²) < 4.78 is 5.32. The molecule has 0 spiro atoms. The Morgan fingerprint density at radius 2 is 2.04 bits per heavy atom. The monoisotopic (exact) mass is 364 g/mol. The number of aliphatic hydroxyl groups is 1. The molecule has 2 aliphatic rings. The molecule has 2 aliphatic heterocycles. The van der Waals surface area contributed by atoms with Crippen molar-refractivity contribution in [2.45, 2.75) is 11.4 Å². The number of rotatable bonds is 6. The molecule has 1 aromatic rings. The van der Waals surface area contributed by atoms with Gasteiger partial charge in [0.25, 0.3) is 11.8 Å². The predicted octanol–water partition coefficient (Wildman–Crippen LogP) is -0.204. The Morgan fingerprint density at radius 1 is 1.32 bits per heavy atom. The number of carbonyl (C=O) groups is 3. The molecule has 132 valence electrons. The van der Waals surface area contributed by atoms with Gasteiger partial charge in [-0.1, -0.05) is 18.2 Å². The summed E-state index contributed by atoms with van der Waals surface area (Å²) in [5.74, 6) is -1.40. The Morgan fingerprint density at radius 3 is 2.68 bits per heavy atom. The van der Waals surface area contributed by atoms with Crippen molar-refractivity contribution in [3.63, 3.8) is 0 Å². The van der Waals surface area contributed by atoms with Gasteiger partial charge in [-0.15, -0.1) is 11.8 Å². The Kier molecular flexibility index (Phi) is 4.95. The molecular formula is C16H16N2O6S. The fraction of sp³-hybridized carbons (Fsp3) is 0.312. The van der Waals surface area contributed by atoms with Crippen molar-refractivity contribution in [3.05, 3.63) is 41.6 Å². The topological polar surface area (TPSA) is 116 Å². The van der Waals surface area contributed by atoms with E-state index in [1.54, 1.807) is 24.3 Å². The number of hydrogen-bond donors (Lipinski definition) is 3. The van der Waals surface area contributed by atoms with E-state index in [-0.39, 0.29) is 12.3 Å². The molecule has 1 saturated heterocycles. The number of carbonyl (C=O) groups excluding carboxylic acids is 2. The number of nitrogens with zero attached hydrogens (tertiary/aromatic N) is 1. The van der Waals surface area contributed by atoms with Gasteiger partial charge in [-0.3, -0.25) is 14.5 Å². The lowest BCUT2D eigenvalue weighted by Crippen LogP contribution is -2.71. The molecule has 0 radical (unpaired) electrons. The van der Waals surface area contributed by atoms with Crippen LogP contribution in [0.4, 0.5) is 0 Å². The number of fused-ring (bicyclic) bond motifs is 1. The van der Waals surface area contributed by atoms with Crippen molar-refractivity contribution in [2.24, 2.45) is 0 Å². The van der Waals surface area contributed by atoms with Gasteiger partial charge in [0.1, 0.15) is 22.9 Å². The molecule has 0 bridgehead atoms. The van der Waals surface area contributed by atoms with Gasteiger partial charge < -0.3 is 20.3 Å². The average Bonchev–Trinajstić information content (AvgIpc) is 2.63. The summed E-state index contributed by atoms with van der Waals surface area (Å²) in [6, 6.07) is 7.99. The van der Waals surface area contributed by atoms with Gasteiger partial charge in [0.05, 0.1) is 6.61 Å². The molecule has 2 atom stereocenters. The van der Waals surface area contributed by atoms with Gasteiger partial charge in [0.2, 0.25) is 0 Å². The number of β-lactam (4-membered cyclic amide) rings is 1. The fourth-order valence-corrected chi connectivity index (χ4v) is 4.02. The van der Waals surface area contributed by atoms with Crippen LogP contribution < -0.4 is 10.1 Å². The van der Waals surface area contributed by atoms with E-state index >= 15 is 0 Å². The summed E-state index contributed by atoms with van der Waals surface area (Å²) in [5, 5.41) is 20.6. The lowest BCUT2D eigenvalue weighted by Gasteiger charge is -2.49. The summed E-state index contributed by atoms with van der Waals surface area (Å²) in [6.07, 6.45) is 0.